The lowest BCUT2D eigenvalue weighted by Gasteiger charge is -2.38. The van der Waals surface area contributed by atoms with Crippen molar-refractivity contribution in [1.82, 2.24) is 14.1 Å². The Kier molecular flexibility index (Phi) is 6.46. The number of piperazine rings is 1. The number of rotatable bonds is 4. The van der Waals surface area contributed by atoms with Crippen LogP contribution >= 0.6 is 11.6 Å². The van der Waals surface area contributed by atoms with E-state index in [1.807, 2.05) is 0 Å². The molecule has 27 heavy (non-hydrogen) atoms. The molecule has 2 heterocycles. The highest BCUT2D eigenvalue weighted by atomic mass is 35.5. The maximum absolute atomic E-state index is 12.7. The van der Waals surface area contributed by atoms with Crippen molar-refractivity contribution in [2.45, 2.75) is 25.2 Å². The van der Waals surface area contributed by atoms with E-state index in [1.54, 1.807) is 17.0 Å². The number of hydrogen-bond donors (Lipinski definition) is 0. The molecule has 0 spiro atoms. The highest BCUT2D eigenvalue weighted by Crippen LogP contribution is 2.22. The van der Waals surface area contributed by atoms with E-state index < -0.39 is 10.0 Å². The molecule has 150 valence electrons. The summed E-state index contributed by atoms with van der Waals surface area (Å²) in [4.78, 5) is 16.9. The van der Waals surface area contributed by atoms with Crippen LogP contribution < -0.4 is 0 Å². The van der Waals surface area contributed by atoms with Gasteiger partial charge in [-0.05, 0) is 42.5 Å². The van der Waals surface area contributed by atoms with Gasteiger partial charge in [-0.2, -0.15) is 4.31 Å². The van der Waals surface area contributed by atoms with Crippen LogP contribution in [0.3, 0.4) is 0 Å². The first-order chi connectivity index (χ1) is 12.8. The van der Waals surface area contributed by atoms with Crippen LogP contribution in [-0.4, -0.2) is 74.2 Å². The SMILES string of the molecule is C[C@H]1C[C@H](C)CN(CC(=O)N2CCN(S(=O)(=O)c3ccc(Cl)cc3)CC2)C1. The summed E-state index contributed by atoms with van der Waals surface area (Å²) < 4.78 is 26.9. The van der Waals surface area contributed by atoms with Gasteiger partial charge in [0.2, 0.25) is 15.9 Å². The molecule has 0 radical (unpaired) electrons. The van der Waals surface area contributed by atoms with Crippen molar-refractivity contribution in [2.75, 3.05) is 45.8 Å². The number of nitrogens with zero attached hydrogens (tertiary/aromatic N) is 3. The molecule has 0 unspecified atom stereocenters. The standard InChI is InChI=1S/C19H28ClN3O3S/c1-15-11-16(2)13-21(12-15)14-19(24)22-7-9-23(10-8-22)27(25,26)18-5-3-17(20)4-6-18/h3-6,15-16H,7-14H2,1-2H3/t15-,16-/m0/s1. The van der Waals surface area contributed by atoms with Gasteiger partial charge in [0.15, 0.2) is 0 Å². The van der Waals surface area contributed by atoms with Crippen molar-refractivity contribution in [3.05, 3.63) is 29.3 Å². The van der Waals surface area contributed by atoms with Crippen LogP contribution in [0, 0.1) is 11.8 Å². The number of amides is 1. The zero-order valence-electron chi connectivity index (χ0n) is 16.0. The lowest BCUT2D eigenvalue weighted by atomic mass is 9.92. The number of hydrogen-bond acceptors (Lipinski definition) is 4. The molecular weight excluding hydrogens is 386 g/mol. The van der Waals surface area contributed by atoms with Gasteiger partial charge in [-0.25, -0.2) is 8.42 Å². The number of likely N-dealkylation sites (tertiary alicyclic amines) is 1. The van der Waals surface area contributed by atoms with Gasteiger partial charge in [0.05, 0.1) is 11.4 Å². The summed E-state index contributed by atoms with van der Waals surface area (Å²) >= 11 is 5.84. The van der Waals surface area contributed by atoms with Gasteiger partial charge in [-0.1, -0.05) is 25.4 Å². The van der Waals surface area contributed by atoms with Gasteiger partial charge in [0.25, 0.3) is 0 Å². The molecule has 0 saturated carbocycles. The fraction of sp³-hybridized carbons (Fsp3) is 0.632. The van der Waals surface area contributed by atoms with Gasteiger partial charge in [0.1, 0.15) is 0 Å². The van der Waals surface area contributed by atoms with Crippen molar-refractivity contribution in [1.29, 1.82) is 0 Å². The average molecular weight is 414 g/mol. The van der Waals surface area contributed by atoms with Crippen LogP contribution in [-0.2, 0) is 14.8 Å². The first-order valence-corrected chi connectivity index (χ1v) is 11.3. The van der Waals surface area contributed by atoms with E-state index in [9.17, 15) is 13.2 Å². The quantitative estimate of drug-likeness (QED) is 0.758. The second-order valence-electron chi connectivity index (χ2n) is 7.88. The van der Waals surface area contributed by atoms with Crippen molar-refractivity contribution in [2.24, 2.45) is 11.8 Å². The molecule has 2 fully saturated rings. The van der Waals surface area contributed by atoms with Gasteiger partial charge < -0.3 is 4.90 Å². The molecule has 1 aromatic carbocycles. The molecule has 8 heteroatoms. The molecule has 2 saturated heterocycles. The Hall–Kier alpha value is -1.15. The highest BCUT2D eigenvalue weighted by Gasteiger charge is 2.31. The third kappa shape index (κ3) is 5.02. The Morgan fingerprint density at radius 2 is 1.59 bits per heavy atom. The fourth-order valence-corrected chi connectivity index (χ4v) is 5.69. The van der Waals surface area contributed by atoms with Crippen LogP contribution in [0.4, 0.5) is 0 Å². The van der Waals surface area contributed by atoms with Crippen LogP contribution in [0.2, 0.25) is 5.02 Å². The predicted octanol–water partition coefficient (Wildman–Crippen LogP) is 2.15. The molecular formula is C19H28ClN3O3S. The molecule has 2 aliphatic heterocycles. The fourth-order valence-electron chi connectivity index (χ4n) is 4.15. The van der Waals surface area contributed by atoms with Gasteiger partial charge in [-0.15, -0.1) is 0 Å². The maximum atomic E-state index is 12.7. The van der Waals surface area contributed by atoms with E-state index in [2.05, 4.69) is 18.7 Å². The van der Waals surface area contributed by atoms with E-state index in [0.29, 0.717) is 49.6 Å². The molecule has 0 bridgehead atoms. The Morgan fingerprint density at radius 1 is 1.04 bits per heavy atom. The molecule has 1 amide bonds. The van der Waals surface area contributed by atoms with E-state index in [0.717, 1.165) is 13.1 Å². The van der Waals surface area contributed by atoms with E-state index in [4.69, 9.17) is 11.6 Å². The third-order valence-corrected chi connectivity index (χ3v) is 7.51. The summed E-state index contributed by atoms with van der Waals surface area (Å²) in [6.45, 7) is 8.32. The van der Waals surface area contributed by atoms with Crippen LogP contribution in [0.25, 0.3) is 0 Å². The predicted molar refractivity (Wildman–Crippen MR) is 106 cm³/mol. The first kappa shape index (κ1) is 20.6. The Balaban J connectivity index is 1.55. The van der Waals surface area contributed by atoms with Crippen LogP contribution in [0.15, 0.2) is 29.2 Å². The Bertz CT molecular complexity index is 751. The number of halogens is 1. The summed E-state index contributed by atoms with van der Waals surface area (Å²) in [5.41, 5.74) is 0. The molecule has 6 nitrogen and oxygen atoms in total. The zero-order valence-corrected chi connectivity index (χ0v) is 17.5. The van der Waals surface area contributed by atoms with E-state index in [1.165, 1.54) is 22.9 Å². The monoisotopic (exact) mass is 413 g/mol. The molecule has 2 atom stereocenters. The van der Waals surface area contributed by atoms with Crippen molar-refractivity contribution >= 4 is 27.5 Å². The minimum Gasteiger partial charge on any atom is -0.339 e. The second-order valence-corrected chi connectivity index (χ2v) is 10.3. The van der Waals surface area contributed by atoms with Crippen molar-refractivity contribution in [3.63, 3.8) is 0 Å². The van der Waals surface area contributed by atoms with E-state index in [-0.39, 0.29) is 10.8 Å². The average Bonchev–Trinajstić information content (AvgIpc) is 2.61. The lowest BCUT2D eigenvalue weighted by Crippen LogP contribution is -2.53. The second kappa shape index (κ2) is 8.47. The van der Waals surface area contributed by atoms with Crippen molar-refractivity contribution in [3.8, 4) is 0 Å². The van der Waals surface area contributed by atoms with Crippen LogP contribution in [0.1, 0.15) is 20.3 Å². The smallest absolute Gasteiger partial charge is 0.243 e. The molecule has 0 aromatic heterocycles. The topological polar surface area (TPSA) is 60.9 Å². The molecule has 0 aliphatic carbocycles. The minimum absolute atomic E-state index is 0.0971. The maximum Gasteiger partial charge on any atom is 0.243 e. The summed E-state index contributed by atoms with van der Waals surface area (Å²) in [5, 5.41) is 0.505. The summed E-state index contributed by atoms with van der Waals surface area (Å²) in [5.74, 6) is 1.32. The third-order valence-electron chi connectivity index (χ3n) is 5.35. The number of benzene rings is 1. The summed E-state index contributed by atoms with van der Waals surface area (Å²) in [6, 6.07) is 6.20. The Morgan fingerprint density at radius 3 is 2.15 bits per heavy atom. The number of carbonyl (C=O) groups excluding carboxylic acids is 1. The minimum atomic E-state index is -3.54. The molecule has 2 aliphatic rings. The summed E-state index contributed by atoms with van der Waals surface area (Å²) in [7, 11) is -3.54. The van der Waals surface area contributed by atoms with Crippen molar-refractivity contribution < 1.29 is 13.2 Å². The highest BCUT2D eigenvalue weighted by molar-refractivity contribution is 7.89. The van der Waals surface area contributed by atoms with Gasteiger partial charge in [0, 0.05) is 44.3 Å². The number of piperidine rings is 1. The number of sulfonamides is 1. The first-order valence-electron chi connectivity index (χ1n) is 9.51. The van der Waals surface area contributed by atoms with Crippen LogP contribution in [0.5, 0.6) is 0 Å². The normalized spacial score (nSPS) is 25.5. The largest absolute Gasteiger partial charge is 0.339 e. The number of carbonyl (C=O) groups is 1. The van der Waals surface area contributed by atoms with Gasteiger partial charge in [-0.3, -0.25) is 9.69 Å². The zero-order chi connectivity index (χ0) is 19.6. The Labute approximate surface area is 167 Å². The molecule has 0 N–H and O–H groups in total. The molecule has 3 rings (SSSR count). The lowest BCUT2D eigenvalue weighted by molar-refractivity contribution is -0.134. The van der Waals surface area contributed by atoms with E-state index >= 15 is 0 Å². The summed E-state index contributed by atoms with van der Waals surface area (Å²) in [6.07, 6.45) is 1.21. The molecule has 1 aromatic rings. The van der Waals surface area contributed by atoms with Gasteiger partial charge >= 0.3 is 0 Å².